The number of rotatable bonds is 16. The van der Waals surface area contributed by atoms with Gasteiger partial charge in [-0.2, -0.15) is 0 Å². The highest BCUT2D eigenvalue weighted by Gasteiger charge is 2.03. The highest BCUT2D eigenvalue weighted by atomic mass is 16.3. The maximum Gasteiger partial charge on any atom is 0.0540 e. The summed E-state index contributed by atoms with van der Waals surface area (Å²) in [5, 5.41) is 9.86. The van der Waals surface area contributed by atoms with E-state index in [0.717, 1.165) is 19.4 Å². The van der Waals surface area contributed by atoms with E-state index >= 15 is 0 Å². The van der Waals surface area contributed by atoms with E-state index in [-0.39, 0.29) is 6.10 Å². The van der Waals surface area contributed by atoms with Crippen LogP contribution in [0.25, 0.3) is 0 Å². The minimum Gasteiger partial charge on any atom is -0.393 e. The van der Waals surface area contributed by atoms with Crippen molar-refractivity contribution < 1.29 is 5.11 Å². The number of hydrogen-bond donors (Lipinski definition) is 2. The van der Waals surface area contributed by atoms with Gasteiger partial charge in [0.05, 0.1) is 6.10 Å². The van der Waals surface area contributed by atoms with Crippen LogP contribution in [-0.4, -0.2) is 17.8 Å². The van der Waals surface area contributed by atoms with Crippen molar-refractivity contribution in [2.24, 2.45) is 5.73 Å². The summed E-state index contributed by atoms with van der Waals surface area (Å²) in [6.07, 6.45) is 18.9. The van der Waals surface area contributed by atoms with Crippen LogP contribution in [0.1, 0.15) is 103 Å². The molecule has 1 atom stereocenters. The van der Waals surface area contributed by atoms with Crippen LogP contribution in [0.3, 0.4) is 0 Å². The highest BCUT2D eigenvalue weighted by molar-refractivity contribution is 4.57. The van der Waals surface area contributed by atoms with E-state index in [4.69, 9.17) is 5.73 Å². The first-order chi connectivity index (χ1) is 9.81. The van der Waals surface area contributed by atoms with Crippen LogP contribution in [0.2, 0.25) is 0 Å². The molecule has 0 rings (SSSR count). The molecule has 0 aromatic heterocycles. The Hall–Kier alpha value is -0.0800. The highest BCUT2D eigenvalue weighted by Crippen LogP contribution is 2.14. The fourth-order valence-corrected chi connectivity index (χ4v) is 2.71. The summed E-state index contributed by atoms with van der Waals surface area (Å²) in [6, 6.07) is 0. The molecule has 1 unspecified atom stereocenters. The second kappa shape index (κ2) is 17.0. The van der Waals surface area contributed by atoms with Crippen LogP contribution in [0.5, 0.6) is 0 Å². The lowest BCUT2D eigenvalue weighted by atomic mass is 10.0. The lowest BCUT2D eigenvalue weighted by Crippen LogP contribution is -2.05. The van der Waals surface area contributed by atoms with E-state index in [2.05, 4.69) is 6.92 Å². The summed E-state index contributed by atoms with van der Waals surface area (Å²) in [4.78, 5) is 0. The van der Waals surface area contributed by atoms with E-state index in [1.165, 1.54) is 83.5 Å². The van der Waals surface area contributed by atoms with Gasteiger partial charge in [-0.25, -0.2) is 0 Å². The van der Waals surface area contributed by atoms with Gasteiger partial charge >= 0.3 is 0 Å². The van der Waals surface area contributed by atoms with Gasteiger partial charge in [0.15, 0.2) is 0 Å². The lowest BCUT2D eigenvalue weighted by Gasteiger charge is -2.10. The van der Waals surface area contributed by atoms with Gasteiger partial charge in [-0.05, 0) is 25.8 Å². The molecule has 2 nitrogen and oxygen atoms in total. The predicted molar refractivity (Wildman–Crippen MR) is 90.0 cm³/mol. The van der Waals surface area contributed by atoms with Gasteiger partial charge in [-0.15, -0.1) is 0 Å². The van der Waals surface area contributed by atoms with Crippen molar-refractivity contribution in [3.8, 4) is 0 Å². The van der Waals surface area contributed by atoms with Gasteiger partial charge in [0.25, 0.3) is 0 Å². The fraction of sp³-hybridized carbons (Fsp3) is 1.00. The molecule has 0 aromatic carbocycles. The van der Waals surface area contributed by atoms with E-state index in [1.54, 1.807) is 0 Å². The van der Waals surface area contributed by atoms with Gasteiger partial charge in [-0.1, -0.05) is 84.0 Å². The third-order valence-corrected chi connectivity index (χ3v) is 4.13. The van der Waals surface area contributed by atoms with Crippen LogP contribution in [0.4, 0.5) is 0 Å². The van der Waals surface area contributed by atoms with Crippen LogP contribution in [0.15, 0.2) is 0 Å². The first-order valence-electron chi connectivity index (χ1n) is 9.19. The van der Waals surface area contributed by atoms with Crippen molar-refractivity contribution in [1.82, 2.24) is 0 Å². The van der Waals surface area contributed by atoms with Gasteiger partial charge in [0.2, 0.25) is 0 Å². The average molecular weight is 286 g/mol. The zero-order valence-electron chi connectivity index (χ0n) is 13.9. The molecule has 0 fully saturated rings. The summed E-state index contributed by atoms with van der Waals surface area (Å²) in [5.74, 6) is 0. The second-order valence-corrected chi connectivity index (χ2v) is 6.26. The van der Waals surface area contributed by atoms with E-state index in [1.807, 2.05) is 0 Å². The third-order valence-electron chi connectivity index (χ3n) is 4.13. The molecule has 0 bridgehead atoms. The molecule has 0 aliphatic heterocycles. The quantitative estimate of drug-likeness (QED) is 0.384. The van der Waals surface area contributed by atoms with Crippen molar-refractivity contribution in [3.63, 3.8) is 0 Å². The molecule has 0 spiro atoms. The number of aliphatic hydroxyl groups is 1. The van der Waals surface area contributed by atoms with Crippen molar-refractivity contribution >= 4 is 0 Å². The Morgan fingerprint density at radius 2 is 1.05 bits per heavy atom. The molecular formula is C18H39NO. The number of unbranched alkanes of at least 4 members (excludes halogenated alkanes) is 11. The Kier molecular flexibility index (Phi) is 16.9. The molecular weight excluding hydrogens is 246 g/mol. The number of nitrogens with two attached hydrogens (primary N) is 1. The van der Waals surface area contributed by atoms with Gasteiger partial charge in [0, 0.05) is 0 Å². The van der Waals surface area contributed by atoms with Crippen LogP contribution in [0, 0.1) is 0 Å². The molecule has 0 aliphatic rings. The third kappa shape index (κ3) is 16.0. The maximum atomic E-state index is 9.86. The molecule has 0 saturated heterocycles. The van der Waals surface area contributed by atoms with Crippen molar-refractivity contribution in [2.45, 2.75) is 109 Å². The smallest absolute Gasteiger partial charge is 0.0540 e. The minimum atomic E-state index is -0.0388. The van der Waals surface area contributed by atoms with Crippen molar-refractivity contribution in [1.29, 1.82) is 0 Å². The maximum absolute atomic E-state index is 9.86. The van der Waals surface area contributed by atoms with Gasteiger partial charge in [0.1, 0.15) is 0 Å². The molecule has 0 aromatic rings. The summed E-state index contributed by atoms with van der Waals surface area (Å²) >= 11 is 0. The van der Waals surface area contributed by atoms with E-state index < -0.39 is 0 Å². The Morgan fingerprint density at radius 3 is 1.50 bits per heavy atom. The molecule has 0 radical (unpaired) electrons. The first kappa shape index (κ1) is 19.9. The molecule has 0 saturated carbocycles. The zero-order chi connectivity index (χ0) is 14.9. The first-order valence-corrected chi connectivity index (χ1v) is 9.19. The standard InChI is InChI=1S/C18H39NO/c1-2-3-4-12-15-18(20)16-13-10-8-6-5-7-9-11-14-17-19/h18,20H,2-17,19H2,1H3. The van der Waals surface area contributed by atoms with Crippen LogP contribution >= 0.6 is 0 Å². The van der Waals surface area contributed by atoms with Gasteiger partial charge in [-0.3, -0.25) is 0 Å². The Balaban J connectivity index is 3.07. The van der Waals surface area contributed by atoms with Gasteiger partial charge < -0.3 is 10.8 Å². The summed E-state index contributed by atoms with van der Waals surface area (Å²) in [5.41, 5.74) is 5.47. The predicted octanol–water partition coefficient (Wildman–Crippen LogP) is 5.18. The van der Waals surface area contributed by atoms with E-state index in [0.29, 0.717) is 0 Å². The minimum absolute atomic E-state index is 0.0388. The van der Waals surface area contributed by atoms with Crippen LogP contribution in [-0.2, 0) is 0 Å². The Labute approximate surface area is 127 Å². The number of aliphatic hydroxyl groups excluding tert-OH is 1. The SMILES string of the molecule is CCCCCCC(O)CCCCCCCCCCCN. The molecule has 3 N–H and O–H groups in total. The molecule has 122 valence electrons. The summed E-state index contributed by atoms with van der Waals surface area (Å²) < 4.78 is 0. The molecule has 0 amide bonds. The fourth-order valence-electron chi connectivity index (χ4n) is 2.71. The Morgan fingerprint density at radius 1 is 0.650 bits per heavy atom. The number of hydrogen-bond acceptors (Lipinski definition) is 2. The second-order valence-electron chi connectivity index (χ2n) is 6.26. The summed E-state index contributed by atoms with van der Waals surface area (Å²) in [7, 11) is 0. The normalized spacial score (nSPS) is 12.8. The monoisotopic (exact) mass is 285 g/mol. The topological polar surface area (TPSA) is 46.2 Å². The average Bonchev–Trinajstić information content (AvgIpc) is 2.45. The van der Waals surface area contributed by atoms with Crippen molar-refractivity contribution in [3.05, 3.63) is 0 Å². The van der Waals surface area contributed by atoms with E-state index in [9.17, 15) is 5.11 Å². The zero-order valence-corrected chi connectivity index (χ0v) is 13.9. The lowest BCUT2D eigenvalue weighted by molar-refractivity contribution is 0.147. The molecule has 20 heavy (non-hydrogen) atoms. The van der Waals surface area contributed by atoms with Crippen LogP contribution < -0.4 is 5.73 Å². The Bertz CT molecular complexity index is 173. The molecule has 0 heterocycles. The molecule has 0 aliphatic carbocycles. The molecule has 2 heteroatoms. The van der Waals surface area contributed by atoms with Crippen molar-refractivity contribution in [2.75, 3.05) is 6.54 Å². The summed E-state index contributed by atoms with van der Waals surface area (Å²) in [6.45, 7) is 3.08. The largest absolute Gasteiger partial charge is 0.393 e.